The number of imidazole rings is 1. The minimum atomic E-state index is 0.0948. The van der Waals surface area contributed by atoms with Crippen LogP contribution < -0.4 is 10.5 Å². The van der Waals surface area contributed by atoms with E-state index >= 15 is 0 Å². The third-order valence-electron chi connectivity index (χ3n) is 3.51. The molecule has 0 saturated heterocycles. The summed E-state index contributed by atoms with van der Waals surface area (Å²) in [6.45, 7) is 8.96. The first-order valence-corrected chi connectivity index (χ1v) is 7.77. The van der Waals surface area contributed by atoms with Crippen LogP contribution in [0.4, 0.5) is 0 Å². The molecule has 1 aliphatic heterocycles. The van der Waals surface area contributed by atoms with E-state index in [0.717, 1.165) is 17.1 Å². The van der Waals surface area contributed by atoms with Gasteiger partial charge in [0.2, 0.25) is 0 Å². The van der Waals surface area contributed by atoms with E-state index in [4.69, 9.17) is 15.5 Å². The third-order valence-corrected chi connectivity index (χ3v) is 3.51. The highest BCUT2D eigenvalue weighted by atomic mass is 16.5. The smallest absolute Gasteiger partial charge is 0.176 e. The van der Waals surface area contributed by atoms with Crippen LogP contribution in [0.1, 0.15) is 25.2 Å². The first kappa shape index (κ1) is 15.9. The Kier molecular flexibility index (Phi) is 4.41. The molecule has 0 fully saturated rings. The fraction of sp³-hybridized carbons (Fsp3) is 0.294. The van der Waals surface area contributed by atoms with Crippen molar-refractivity contribution in [3.8, 4) is 17.1 Å². The lowest BCUT2D eigenvalue weighted by Crippen LogP contribution is -2.07. The lowest BCUT2D eigenvalue weighted by atomic mass is 10.2. The van der Waals surface area contributed by atoms with Gasteiger partial charge in [-0.1, -0.05) is 6.58 Å². The SMILES string of the molecule is C=Cc1cc2c(cn1)OCCn1cc(C(N=CN)=NC(C)C)nc1-2. The molecule has 2 aromatic heterocycles. The minimum absolute atomic E-state index is 0.0948. The number of nitrogens with two attached hydrogens (primary N) is 1. The van der Waals surface area contributed by atoms with E-state index in [-0.39, 0.29) is 6.04 Å². The Hall–Kier alpha value is -2.96. The summed E-state index contributed by atoms with van der Waals surface area (Å²) in [7, 11) is 0. The predicted molar refractivity (Wildman–Crippen MR) is 95.4 cm³/mol. The zero-order chi connectivity index (χ0) is 17.1. The van der Waals surface area contributed by atoms with Gasteiger partial charge in [-0.15, -0.1) is 0 Å². The Labute approximate surface area is 140 Å². The molecule has 0 amide bonds. The summed E-state index contributed by atoms with van der Waals surface area (Å²) in [4.78, 5) is 17.7. The Balaban J connectivity index is 2.13. The van der Waals surface area contributed by atoms with E-state index < -0.39 is 0 Å². The summed E-state index contributed by atoms with van der Waals surface area (Å²) in [6.07, 6.45) is 6.57. The van der Waals surface area contributed by atoms with Crippen molar-refractivity contribution < 1.29 is 4.74 Å². The normalized spacial score (nSPS) is 14.2. The van der Waals surface area contributed by atoms with E-state index in [1.165, 1.54) is 6.34 Å². The van der Waals surface area contributed by atoms with Gasteiger partial charge >= 0.3 is 0 Å². The number of hydrogen-bond donors (Lipinski definition) is 1. The van der Waals surface area contributed by atoms with Crippen molar-refractivity contribution in [2.24, 2.45) is 15.7 Å². The van der Waals surface area contributed by atoms with Gasteiger partial charge in [-0.2, -0.15) is 0 Å². The molecule has 124 valence electrons. The van der Waals surface area contributed by atoms with E-state index in [9.17, 15) is 0 Å². The fourth-order valence-corrected chi connectivity index (χ4v) is 2.50. The zero-order valence-electron chi connectivity index (χ0n) is 13.8. The van der Waals surface area contributed by atoms with Crippen LogP contribution in [0.5, 0.6) is 5.75 Å². The summed E-state index contributed by atoms with van der Waals surface area (Å²) in [5, 5.41) is 0. The number of amidine groups is 1. The number of rotatable bonds is 3. The van der Waals surface area contributed by atoms with Crippen molar-refractivity contribution in [3.05, 3.63) is 36.4 Å². The molecule has 1 aliphatic rings. The molecule has 3 heterocycles. The highest BCUT2D eigenvalue weighted by Crippen LogP contribution is 2.32. The summed E-state index contributed by atoms with van der Waals surface area (Å²) in [5.41, 5.74) is 7.79. The molecule has 0 radical (unpaired) electrons. The average Bonchev–Trinajstić information content (AvgIpc) is 2.91. The quantitative estimate of drug-likeness (QED) is 0.691. The topological polar surface area (TPSA) is 90.7 Å². The maximum absolute atomic E-state index is 5.76. The Morgan fingerprint density at radius 3 is 3.04 bits per heavy atom. The fourth-order valence-electron chi connectivity index (χ4n) is 2.50. The van der Waals surface area contributed by atoms with Gasteiger partial charge in [-0.25, -0.2) is 9.98 Å². The molecule has 24 heavy (non-hydrogen) atoms. The van der Waals surface area contributed by atoms with E-state index in [0.29, 0.717) is 30.4 Å². The summed E-state index contributed by atoms with van der Waals surface area (Å²) in [6, 6.07) is 2.01. The Morgan fingerprint density at radius 2 is 2.33 bits per heavy atom. The Morgan fingerprint density at radius 1 is 1.50 bits per heavy atom. The maximum atomic E-state index is 5.76. The van der Waals surface area contributed by atoms with Gasteiger partial charge in [-0.3, -0.25) is 9.98 Å². The predicted octanol–water partition coefficient (Wildman–Crippen LogP) is 2.12. The van der Waals surface area contributed by atoms with Crippen LogP contribution in [0.2, 0.25) is 0 Å². The van der Waals surface area contributed by atoms with Crippen molar-refractivity contribution in [2.75, 3.05) is 6.61 Å². The number of fused-ring (bicyclic) bond motifs is 3. The molecule has 0 saturated carbocycles. The first-order chi connectivity index (χ1) is 11.6. The van der Waals surface area contributed by atoms with Gasteiger partial charge in [0.05, 0.1) is 30.3 Å². The van der Waals surface area contributed by atoms with Crippen molar-refractivity contribution in [3.63, 3.8) is 0 Å². The Bertz CT molecular complexity index is 818. The van der Waals surface area contributed by atoms with Crippen LogP contribution in [0, 0.1) is 0 Å². The molecule has 0 unspecified atom stereocenters. The van der Waals surface area contributed by atoms with E-state index in [1.54, 1.807) is 12.3 Å². The molecule has 7 nitrogen and oxygen atoms in total. The number of aromatic nitrogens is 3. The van der Waals surface area contributed by atoms with Gasteiger partial charge in [-0.05, 0) is 26.0 Å². The molecule has 0 aromatic carbocycles. The lowest BCUT2D eigenvalue weighted by molar-refractivity contribution is 0.305. The standard InChI is InChI=1S/C17H20N6O/c1-4-12-7-13-15(8-19-12)24-6-5-23-9-14(22-17(13)23)16(20-10-18)21-11(2)3/h4,7-11H,1,5-6H2,2-3H3,(H2,18,20,21). The number of nitrogens with zero attached hydrogens (tertiary/aromatic N) is 5. The second kappa shape index (κ2) is 6.66. The molecule has 2 N–H and O–H groups in total. The molecule has 7 heteroatoms. The molecule has 2 aromatic rings. The number of aliphatic imine (C=N–C) groups is 2. The van der Waals surface area contributed by atoms with Crippen molar-refractivity contribution in [1.82, 2.24) is 14.5 Å². The van der Waals surface area contributed by atoms with Crippen LogP contribution in [0.15, 0.2) is 35.0 Å². The molecule has 0 atom stereocenters. The van der Waals surface area contributed by atoms with Crippen LogP contribution in [-0.4, -0.2) is 39.4 Å². The monoisotopic (exact) mass is 324 g/mol. The van der Waals surface area contributed by atoms with Crippen LogP contribution in [0.3, 0.4) is 0 Å². The van der Waals surface area contributed by atoms with Gasteiger partial charge in [0.1, 0.15) is 23.9 Å². The number of pyridine rings is 1. The molecule has 0 bridgehead atoms. The van der Waals surface area contributed by atoms with Crippen LogP contribution >= 0.6 is 0 Å². The maximum Gasteiger partial charge on any atom is 0.176 e. The second-order valence-electron chi connectivity index (χ2n) is 5.63. The first-order valence-electron chi connectivity index (χ1n) is 7.77. The lowest BCUT2D eigenvalue weighted by Gasteiger charge is -2.06. The van der Waals surface area contributed by atoms with Gasteiger partial charge in [0.15, 0.2) is 5.84 Å². The molecular weight excluding hydrogens is 304 g/mol. The second-order valence-corrected chi connectivity index (χ2v) is 5.63. The average molecular weight is 324 g/mol. The molecule has 0 spiro atoms. The highest BCUT2D eigenvalue weighted by Gasteiger charge is 2.20. The van der Waals surface area contributed by atoms with E-state index in [1.807, 2.05) is 30.7 Å². The molecule has 0 aliphatic carbocycles. The van der Waals surface area contributed by atoms with Crippen molar-refractivity contribution in [1.29, 1.82) is 0 Å². The minimum Gasteiger partial charge on any atom is -0.489 e. The largest absolute Gasteiger partial charge is 0.489 e. The van der Waals surface area contributed by atoms with Crippen molar-refractivity contribution in [2.45, 2.75) is 26.4 Å². The number of ether oxygens (including phenoxy) is 1. The molecule has 3 rings (SSSR count). The molecular formula is C17H20N6O. The van der Waals surface area contributed by atoms with E-state index in [2.05, 4.69) is 21.5 Å². The van der Waals surface area contributed by atoms with Crippen LogP contribution in [0.25, 0.3) is 17.5 Å². The van der Waals surface area contributed by atoms with Gasteiger partial charge in [0.25, 0.3) is 0 Å². The van der Waals surface area contributed by atoms with Crippen LogP contribution in [-0.2, 0) is 6.54 Å². The van der Waals surface area contributed by atoms with Gasteiger partial charge in [0, 0.05) is 12.2 Å². The van der Waals surface area contributed by atoms with Crippen molar-refractivity contribution >= 4 is 18.3 Å². The zero-order valence-corrected chi connectivity index (χ0v) is 13.8. The summed E-state index contributed by atoms with van der Waals surface area (Å²) < 4.78 is 7.80. The summed E-state index contributed by atoms with van der Waals surface area (Å²) in [5.74, 6) is 2.03. The highest BCUT2D eigenvalue weighted by molar-refractivity contribution is 6.01. The van der Waals surface area contributed by atoms with Gasteiger partial charge < -0.3 is 15.0 Å². The number of hydrogen-bond acceptors (Lipinski definition) is 4. The third kappa shape index (κ3) is 3.05. The summed E-state index contributed by atoms with van der Waals surface area (Å²) >= 11 is 0.